The molecule has 0 bridgehead atoms. The molecule has 1 N–H and O–H groups in total. The van der Waals surface area contributed by atoms with E-state index < -0.39 is 11.5 Å². The zero-order chi connectivity index (χ0) is 12.9. The van der Waals surface area contributed by atoms with Gasteiger partial charge >= 0.3 is 5.97 Å². The van der Waals surface area contributed by atoms with Gasteiger partial charge in [-0.05, 0) is 38.6 Å². The summed E-state index contributed by atoms with van der Waals surface area (Å²) in [5.74, 6) is -0.616. The molecule has 3 heteroatoms. The minimum Gasteiger partial charge on any atom is -0.480 e. The molecule has 3 nitrogen and oxygen atoms in total. The predicted octanol–water partition coefficient (Wildman–Crippen LogP) is 3.28. The zero-order valence-electron chi connectivity index (χ0n) is 11.5. The quantitative estimate of drug-likeness (QED) is 0.743. The second-order valence-corrected chi connectivity index (χ2v) is 5.22. The lowest BCUT2D eigenvalue weighted by molar-refractivity contribution is -0.151. The van der Waals surface area contributed by atoms with E-state index >= 15 is 0 Å². The van der Waals surface area contributed by atoms with Crippen LogP contribution in [0.4, 0.5) is 0 Å². The fraction of sp³-hybridized carbons (Fsp3) is 0.929. The molecule has 0 saturated carbocycles. The van der Waals surface area contributed by atoms with Crippen LogP contribution in [0.5, 0.6) is 0 Å². The molecule has 1 rings (SSSR count). The van der Waals surface area contributed by atoms with Gasteiger partial charge in [0.1, 0.15) is 5.54 Å². The minimum absolute atomic E-state index is 0.462. The lowest BCUT2D eigenvalue weighted by Crippen LogP contribution is -2.54. The van der Waals surface area contributed by atoms with Crippen LogP contribution in [-0.4, -0.2) is 34.1 Å². The van der Waals surface area contributed by atoms with Crippen LogP contribution >= 0.6 is 0 Å². The van der Waals surface area contributed by atoms with Crippen LogP contribution in [0, 0.1) is 0 Å². The van der Waals surface area contributed by atoms with Crippen molar-refractivity contribution >= 4 is 5.97 Å². The van der Waals surface area contributed by atoms with Crippen molar-refractivity contribution in [1.29, 1.82) is 0 Å². The van der Waals surface area contributed by atoms with Crippen molar-refractivity contribution in [2.45, 2.75) is 77.3 Å². The smallest absolute Gasteiger partial charge is 0.324 e. The maximum absolute atomic E-state index is 11.6. The van der Waals surface area contributed by atoms with E-state index in [1.807, 2.05) is 6.92 Å². The number of carboxylic acids is 1. The van der Waals surface area contributed by atoms with Gasteiger partial charge in [-0.3, -0.25) is 9.69 Å². The van der Waals surface area contributed by atoms with Crippen LogP contribution in [0.15, 0.2) is 0 Å². The van der Waals surface area contributed by atoms with Crippen LogP contribution in [-0.2, 0) is 4.79 Å². The van der Waals surface area contributed by atoms with E-state index in [-0.39, 0.29) is 0 Å². The summed E-state index contributed by atoms with van der Waals surface area (Å²) in [6.45, 7) is 7.35. The van der Waals surface area contributed by atoms with Crippen molar-refractivity contribution in [1.82, 2.24) is 4.90 Å². The van der Waals surface area contributed by atoms with Crippen LogP contribution in [0.25, 0.3) is 0 Å². The maximum Gasteiger partial charge on any atom is 0.324 e. The summed E-state index contributed by atoms with van der Waals surface area (Å²) < 4.78 is 0. The molecule has 0 aromatic rings. The lowest BCUT2D eigenvalue weighted by atomic mass is 9.90. The first-order valence-corrected chi connectivity index (χ1v) is 7.12. The van der Waals surface area contributed by atoms with Gasteiger partial charge in [-0.2, -0.15) is 0 Å². The van der Waals surface area contributed by atoms with Gasteiger partial charge in [-0.25, -0.2) is 0 Å². The molecule has 1 aliphatic heterocycles. The topological polar surface area (TPSA) is 40.5 Å². The van der Waals surface area contributed by atoms with Gasteiger partial charge in [0, 0.05) is 6.04 Å². The number of carbonyl (C=O) groups is 1. The van der Waals surface area contributed by atoms with E-state index in [9.17, 15) is 9.90 Å². The Balaban J connectivity index is 2.87. The van der Waals surface area contributed by atoms with Gasteiger partial charge in [-0.1, -0.05) is 33.6 Å². The summed E-state index contributed by atoms with van der Waals surface area (Å²) >= 11 is 0. The first kappa shape index (κ1) is 14.5. The van der Waals surface area contributed by atoms with E-state index in [1.54, 1.807) is 0 Å². The van der Waals surface area contributed by atoms with Crippen molar-refractivity contribution < 1.29 is 9.90 Å². The highest BCUT2D eigenvalue weighted by atomic mass is 16.4. The average molecular weight is 241 g/mol. The summed E-state index contributed by atoms with van der Waals surface area (Å²) in [6, 6.07) is 0.462. The van der Waals surface area contributed by atoms with Crippen LogP contribution in [0.3, 0.4) is 0 Å². The van der Waals surface area contributed by atoms with Crippen molar-refractivity contribution in [2.75, 3.05) is 6.54 Å². The SMILES string of the molecule is CCCC(CCC)N1CCCC1(CC)C(=O)O. The summed E-state index contributed by atoms with van der Waals surface area (Å²) in [5.41, 5.74) is -0.574. The van der Waals surface area contributed by atoms with Gasteiger partial charge in [0.2, 0.25) is 0 Å². The normalized spacial score (nSPS) is 25.6. The molecule has 0 spiro atoms. The van der Waals surface area contributed by atoms with E-state index in [1.165, 1.54) is 0 Å². The van der Waals surface area contributed by atoms with Gasteiger partial charge in [0.05, 0.1) is 0 Å². The number of carboxylic acid groups (broad SMARTS) is 1. The fourth-order valence-corrected chi connectivity index (χ4v) is 3.31. The number of nitrogens with zero attached hydrogens (tertiary/aromatic N) is 1. The van der Waals surface area contributed by atoms with Gasteiger partial charge < -0.3 is 5.11 Å². The number of hydrogen-bond acceptors (Lipinski definition) is 2. The van der Waals surface area contributed by atoms with E-state index in [0.29, 0.717) is 6.04 Å². The number of hydrogen-bond donors (Lipinski definition) is 1. The van der Waals surface area contributed by atoms with Gasteiger partial charge in [0.15, 0.2) is 0 Å². The first-order chi connectivity index (χ1) is 8.12. The monoisotopic (exact) mass is 241 g/mol. The third kappa shape index (κ3) is 2.82. The summed E-state index contributed by atoms with van der Waals surface area (Å²) in [6.07, 6.45) is 7.12. The molecule has 0 amide bonds. The zero-order valence-corrected chi connectivity index (χ0v) is 11.5. The lowest BCUT2D eigenvalue weighted by Gasteiger charge is -2.39. The van der Waals surface area contributed by atoms with Crippen molar-refractivity contribution in [3.8, 4) is 0 Å². The Morgan fingerprint density at radius 1 is 1.29 bits per heavy atom. The van der Waals surface area contributed by atoms with Gasteiger partial charge in [-0.15, -0.1) is 0 Å². The molecule has 1 aliphatic rings. The Morgan fingerprint density at radius 3 is 2.29 bits per heavy atom. The largest absolute Gasteiger partial charge is 0.480 e. The Labute approximate surface area is 105 Å². The molecule has 17 heavy (non-hydrogen) atoms. The Kier molecular flexibility index (Phi) is 5.44. The standard InChI is InChI=1S/C14H27NO2/c1-4-8-12(9-5-2)15-11-7-10-14(15,6-3)13(16)17/h12H,4-11H2,1-3H3,(H,16,17). The first-order valence-electron chi connectivity index (χ1n) is 7.12. The number of likely N-dealkylation sites (tertiary alicyclic amines) is 1. The summed E-state index contributed by atoms with van der Waals surface area (Å²) in [4.78, 5) is 13.9. The Hall–Kier alpha value is -0.570. The third-order valence-corrected chi connectivity index (χ3v) is 4.21. The van der Waals surface area contributed by atoms with Crippen LogP contribution < -0.4 is 0 Å². The molecule has 100 valence electrons. The van der Waals surface area contributed by atoms with E-state index in [4.69, 9.17) is 0 Å². The predicted molar refractivity (Wildman–Crippen MR) is 70.2 cm³/mol. The molecular weight excluding hydrogens is 214 g/mol. The molecular formula is C14H27NO2. The molecule has 1 heterocycles. The fourth-order valence-electron chi connectivity index (χ4n) is 3.31. The highest BCUT2D eigenvalue weighted by Crippen LogP contribution is 2.36. The van der Waals surface area contributed by atoms with Crippen molar-refractivity contribution in [2.24, 2.45) is 0 Å². The molecule has 0 aliphatic carbocycles. The highest BCUT2D eigenvalue weighted by molar-refractivity contribution is 5.79. The summed E-state index contributed by atoms with van der Waals surface area (Å²) in [7, 11) is 0. The molecule has 0 aromatic carbocycles. The van der Waals surface area contributed by atoms with Crippen LogP contribution in [0.1, 0.15) is 65.7 Å². The van der Waals surface area contributed by atoms with Gasteiger partial charge in [0.25, 0.3) is 0 Å². The second-order valence-electron chi connectivity index (χ2n) is 5.22. The molecule has 0 aromatic heterocycles. The average Bonchev–Trinajstić information content (AvgIpc) is 2.73. The Morgan fingerprint density at radius 2 is 1.88 bits per heavy atom. The minimum atomic E-state index is -0.616. The molecule has 0 radical (unpaired) electrons. The summed E-state index contributed by atoms with van der Waals surface area (Å²) in [5, 5.41) is 9.58. The molecule has 1 saturated heterocycles. The number of rotatable bonds is 7. The third-order valence-electron chi connectivity index (χ3n) is 4.21. The van der Waals surface area contributed by atoms with Crippen molar-refractivity contribution in [3.63, 3.8) is 0 Å². The van der Waals surface area contributed by atoms with Crippen molar-refractivity contribution in [3.05, 3.63) is 0 Å². The second kappa shape index (κ2) is 6.39. The maximum atomic E-state index is 11.6. The van der Waals surface area contributed by atoms with E-state index in [0.717, 1.165) is 51.5 Å². The molecule has 1 fully saturated rings. The van der Waals surface area contributed by atoms with Crippen LogP contribution in [0.2, 0.25) is 0 Å². The molecule has 1 unspecified atom stereocenters. The Bertz CT molecular complexity index is 249. The number of aliphatic carboxylic acids is 1. The highest BCUT2D eigenvalue weighted by Gasteiger charge is 2.48. The van der Waals surface area contributed by atoms with E-state index in [2.05, 4.69) is 18.7 Å². The molecule has 1 atom stereocenters.